The molecule has 0 spiro atoms. The molecular weight excluding hydrogens is 540 g/mol. The molecule has 174 valence electrons. The number of thioether (sulfide) groups is 1. The number of aromatic carboxylic acids is 1. The molecule has 1 aliphatic heterocycles. The topological polar surface area (TPSA) is 92.5 Å². The van der Waals surface area contributed by atoms with Gasteiger partial charge < -0.3 is 10.4 Å². The first-order valence-electron chi connectivity index (χ1n) is 10.8. The molecule has 6 nitrogen and oxygen atoms in total. The van der Waals surface area contributed by atoms with Crippen LogP contribution in [0, 0.1) is 16.0 Å². The fraction of sp³-hybridized carbons (Fsp3) is 0.240. The SMILES string of the molecule is O=C(O)c1ccc2c(c1)[C@@H]1[C@H](Cl)[C@@H](Sc3ccccc3[N+](=O)[O-])C[C@H]1[C@H](c1ccc(Br)cc1)N2. The Hall–Kier alpha value is -2.55. The number of nitrogens with zero attached hydrogens (tertiary/aromatic N) is 1. The first-order chi connectivity index (χ1) is 16.3. The number of benzene rings is 3. The van der Waals surface area contributed by atoms with Crippen LogP contribution in [-0.2, 0) is 0 Å². The Balaban J connectivity index is 1.55. The number of rotatable bonds is 5. The third-order valence-corrected chi connectivity index (χ3v) is 9.27. The Morgan fingerprint density at radius 2 is 1.88 bits per heavy atom. The molecule has 3 aromatic carbocycles. The molecule has 1 saturated carbocycles. The van der Waals surface area contributed by atoms with Crippen LogP contribution in [0.4, 0.5) is 11.4 Å². The van der Waals surface area contributed by atoms with Crippen molar-refractivity contribution in [2.45, 2.75) is 33.9 Å². The monoisotopic (exact) mass is 558 g/mol. The maximum atomic E-state index is 11.7. The van der Waals surface area contributed by atoms with E-state index in [2.05, 4.69) is 33.4 Å². The van der Waals surface area contributed by atoms with Crippen molar-refractivity contribution in [1.82, 2.24) is 0 Å². The number of nitro groups is 1. The maximum absolute atomic E-state index is 11.7. The average molecular weight is 560 g/mol. The summed E-state index contributed by atoms with van der Waals surface area (Å²) in [5, 5.41) is 24.3. The third kappa shape index (κ3) is 4.19. The molecular formula is C25H20BrClN2O4S. The van der Waals surface area contributed by atoms with E-state index in [0.717, 1.165) is 27.7 Å². The smallest absolute Gasteiger partial charge is 0.335 e. The highest BCUT2D eigenvalue weighted by Gasteiger charge is 2.50. The molecule has 0 saturated heterocycles. The molecule has 3 aromatic rings. The number of carboxylic acids is 1. The van der Waals surface area contributed by atoms with Gasteiger partial charge in [0, 0.05) is 27.4 Å². The van der Waals surface area contributed by atoms with Gasteiger partial charge in [-0.15, -0.1) is 23.4 Å². The maximum Gasteiger partial charge on any atom is 0.335 e. The molecule has 9 heteroatoms. The largest absolute Gasteiger partial charge is 0.478 e. The fourth-order valence-corrected chi connectivity index (χ4v) is 7.33. The van der Waals surface area contributed by atoms with E-state index in [0.29, 0.717) is 4.90 Å². The summed E-state index contributed by atoms with van der Waals surface area (Å²) in [6, 6.07) is 20.0. The lowest BCUT2D eigenvalue weighted by Gasteiger charge is -2.38. The van der Waals surface area contributed by atoms with Crippen molar-refractivity contribution in [3.8, 4) is 0 Å². The normalized spacial score (nSPS) is 25.2. The van der Waals surface area contributed by atoms with Crippen molar-refractivity contribution in [3.05, 3.63) is 98.0 Å². The fourth-order valence-electron chi connectivity index (χ4n) is 5.12. The van der Waals surface area contributed by atoms with Crippen LogP contribution in [0.5, 0.6) is 0 Å². The number of halogens is 2. The molecule has 5 rings (SSSR count). The predicted octanol–water partition coefficient (Wildman–Crippen LogP) is 7.09. The number of carboxylic acid groups (broad SMARTS) is 1. The summed E-state index contributed by atoms with van der Waals surface area (Å²) < 4.78 is 0.988. The second-order valence-corrected chi connectivity index (χ2v) is 11.2. The molecule has 2 aliphatic rings. The van der Waals surface area contributed by atoms with Crippen LogP contribution in [0.25, 0.3) is 0 Å². The molecule has 0 bridgehead atoms. The van der Waals surface area contributed by atoms with Gasteiger partial charge in [-0.3, -0.25) is 10.1 Å². The van der Waals surface area contributed by atoms with Crippen molar-refractivity contribution < 1.29 is 14.8 Å². The van der Waals surface area contributed by atoms with E-state index < -0.39 is 5.97 Å². The highest BCUT2D eigenvalue weighted by atomic mass is 79.9. The number of anilines is 1. The number of alkyl halides is 1. The minimum absolute atomic E-state index is 0.0149. The van der Waals surface area contributed by atoms with E-state index in [4.69, 9.17) is 11.6 Å². The highest BCUT2D eigenvalue weighted by Crippen LogP contribution is 2.58. The Kier molecular flexibility index (Phi) is 6.31. The van der Waals surface area contributed by atoms with Gasteiger partial charge in [-0.25, -0.2) is 4.79 Å². The van der Waals surface area contributed by atoms with Crippen LogP contribution in [0.2, 0.25) is 0 Å². The van der Waals surface area contributed by atoms with Gasteiger partial charge in [0.2, 0.25) is 0 Å². The number of fused-ring (bicyclic) bond motifs is 3. The van der Waals surface area contributed by atoms with Crippen molar-refractivity contribution in [3.63, 3.8) is 0 Å². The zero-order chi connectivity index (χ0) is 24.0. The lowest BCUT2D eigenvalue weighted by atomic mass is 9.77. The number of nitro benzene ring substituents is 1. The quantitative estimate of drug-likeness (QED) is 0.197. The Morgan fingerprint density at radius 1 is 1.15 bits per heavy atom. The van der Waals surface area contributed by atoms with Crippen LogP contribution in [0.3, 0.4) is 0 Å². The minimum Gasteiger partial charge on any atom is -0.478 e. The van der Waals surface area contributed by atoms with E-state index in [1.165, 1.54) is 17.8 Å². The molecule has 5 atom stereocenters. The summed E-state index contributed by atoms with van der Waals surface area (Å²) >= 11 is 12.0. The van der Waals surface area contributed by atoms with Gasteiger partial charge in [-0.05, 0) is 59.9 Å². The zero-order valence-corrected chi connectivity index (χ0v) is 20.9. The number of hydrogen-bond acceptors (Lipinski definition) is 5. The molecule has 1 heterocycles. The second-order valence-electron chi connectivity index (χ2n) is 8.53. The van der Waals surface area contributed by atoms with Crippen LogP contribution < -0.4 is 5.32 Å². The van der Waals surface area contributed by atoms with Crippen LogP contribution in [0.15, 0.2) is 76.1 Å². The molecule has 0 aromatic heterocycles. The Bertz CT molecular complexity index is 1270. The predicted molar refractivity (Wildman–Crippen MR) is 137 cm³/mol. The van der Waals surface area contributed by atoms with Gasteiger partial charge in [-0.1, -0.05) is 40.2 Å². The van der Waals surface area contributed by atoms with Gasteiger partial charge >= 0.3 is 5.97 Å². The summed E-state index contributed by atoms with van der Waals surface area (Å²) in [7, 11) is 0. The Labute approximate surface area is 214 Å². The lowest BCUT2D eigenvalue weighted by molar-refractivity contribution is -0.387. The summed E-state index contributed by atoms with van der Waals surface area (Å²) in [5.41, 5.74) is 3.18. The standard InChI is InChI=1S/C25H20BrClN2O4S/c26-15-8-5-13(6-9-15)24-17-12-21(34-20-4-2-1-3-19(20)29(32)33)23(27)22(17)16-11-14(25(30)31)7-10-18(16)28-24/h1-11,17,21-24,28H,12H2,(H,30,31)/t17-,21+,22+,23-,24+/m1/s1. The molecule has 0 amide bonds. The van der Waals surface area contributed by atoms with Crippen molar-refractivity contribution in [1.29, 1.82) is 0 Å². The minimum atomic E-state index is -0.982. The van der Waals surface area contributed by atoms with Gasteiger partial charge in [0.15, 0.2) is 0 Å². The van der Waals surface area contributed by atoms with Gasteiger partial charge in [0.1, 0.15) is 0 Å². The molecule has 1 aliphatic carbocycles. The summed E-state index contributed by atoms with van der Waals surface area (Å²) in [6.07, 6.45) is 0.736. The van der Waals surface area contributed by atoms with Crippen LogP contribution in [-0.4, -0.2) is 26.6 Å². The third-order valence-electron chi connectivity index (χ3n) is 6.63. The number of nitrogens with one attached hydrogen (secondary N) is 1. The van der Waals surface area contributed by atoms with E-state index in [-0.39, 0.29) is 44.7 Å². The average Bonchev–Trinajstić information content (AvgIpc) is 3.15. The zero-order valence-electron chi connectivity index (χ0n) is 17.7. The second kappa shape index (κ2) is 9.24. The van der Waals surface area contributed by atoms with Crippen molar-refractivity contribution in [2.24, 2.45) is 5.92 Å². The number of carbonyl (C=O) groups is 1. The van der Waals surface area contributed by atoms with Crippen molar-refractivity contribution in [2.75, 3.05) is 5.32 Å². The molecule has 2 N–H and O–H groups in total. The van der Waals surface area contributed by atoms with Crippen molar-refractivity contribution >= 4 is 56.6 Å². The molecule has 1 fully saturated rings. The number of hydrogen-bond donors (Lipinski definition) is 2. The van der Waals surface area contributed by atoms with Gasteiger partial charge in [-0.2, -0.15) is 0 Å². The van der Waals surface area contributed by atoms with Gasteiger partial charge in [0.05, 0.1) is 26.8 Å². The molecule has 0 radical (unpaired) electrons. The van der Waals surface area contributed by atoms with E-state index >= 15 is 0 Å². The first kappa shape index (κ1) is 23.2. The molecule has 0 unspecified atom stereocenters. The van der Waals surface area contributed by atoms with E-state index in [1.54, 1.807) is 30.3 Å². The number of para-hydroxylation sites is 1. The summed E-state index contributed by atoms with van der Waals surface area (Å²) in [5.74, 6) is -0.976. The van der Waals surface area contributed by atoms with Crippen LogP contribution in [0.1, 0.15) is 39.9 Å². The van der Waals surface area contributed by atoms with E-state index in [1.807, 2.05) is 18.2 Å². The van der Waals surface area contributed by atoms with Crippen LogP contribution >= 0.6 is 39.3 Å². The Morgan fingerprint density at radius 3 is 2.59 bits per heavy atom. The van der Waals surface area contributed by atoms with E-state index in [9.17, 15) is 20.0 Å². The first-order valence-corrected chi connectivity index (χ1v) is 12.9. The van der Waals surface area contributed by atoms with Gasteiger partial charge in [0.25, 0.3) is 5.69 Å². The molecule has 34 heavy (non-hydrogen) atoms. The summed E-state index contributed by atoms with van der Waals surface area (Å²) in [4.78, 5) is 23.4. The highest BCUT2D eigenvalue weighted by molar-refractivity contribution is 9.10. The summed E-state index contributed by atoms with van der Waals surface area (Å²) in [6.45, 7) is 0. The lowest BCUT2D eigenvalue weighted by Crippen LogP contribution is -2.31.